The van der Waals surface area contributed by atoms with Gasteiger partial charge in [-0.3, -0.25) is 0 Å². The van der Waals surface area contributed by atoms with Crippen molar-refractivity contribution in [2.45, 2.75) is 46.7 Å². The van der Waals surface area contributed by atoms with Gasteiger partial charge in [-0.05, 0) is 51.9 Å². The number of hydrogen-bond donors (Lipinski definition) is 1. The number of benzene rings is 1. The van der Waals surface area contributed by atoms with Crippen molar-refractivity contribution in [1.82, 2.24) is 5.32 Å². The first-order valence-electron chi connectivity index (χ1n) is 6.80. The summed E-state index contributed by atoms with van der Waals surface area (Å²) in [6.07, 6.45) is 0. The van der Waals surface area contributed by atoms with E-state index >= 15 is 0 Å². The topological polar surface area (TPSA) is 15.3 Å². The molecule has 1 N–H and O–H groups in total. The maximum absolute atomic E-state index is 3.58. The molecule has 0 radical (unpaired) electrons. The van der Waals surface area contributed by atoms with Gasteiger partial charge in [-0.2, -0.15) is 0 Å². The minimum atomic E-state index is 0.380. The van der Waals surface area contributed by atoms with Crippen LogP contribution in [0.1, 0.15) is 46.2 Å². The lowest BCUT2D eigenvalue weighted by atomic mass is 10.0. The predicted octanol–water partition coefficient (Wildman–Crippen LogP) is 4.35. The van der Waals surface area contributed by atoms with Gasteiger partial charge in [0.05, 0.1) is 0 Å². The van der Waals surface area contributed by atoms with E-state index in [1.54, 1.807) is 0 Å². The highest BCUT2D eigenvalue weighted by Gasteiger charge is 2.16. The van der Waals surface area contributed by atoms with Gasteiger partial charge >= 0.3 is 0 Å². The number of anilines is 1. The Balaban J connectivity index is 3.17. The largest absolute Gasteiger partial charge is 0.369 e. The van der Waals surface area contributed by atoms with E-state index in [0.29, 0.717) is 12.1 Å². The summed E-state index contributed by atoms with van der Waals surface area (Å²) in [5, 5.41) is 3.50. The van der Waals surface area contributed by atoms with E-state index < -0.39 is 0 Å². The average Bonchev–Trinajstić information content (AvgIpc) is 2.29. The monoisotopic (exact) mass is 312 g/mol. The molecule has 18 heavy (non-hydrogen) atoms. The van der Waals surface area contributed by atoms with Gasteiger partial charge in [-0.15, -0.1) is 0 Å². The van der Waals surface area contributed by atoms with Gasteiger partial charge in [0.1, 0.15) is 0 Å². The van der Waals surface area contributed by atoms with Crippen LogP contribution in [0.5, 0.6) is 0 Å². The molecule has 3 heteroatoms. The van der Waals surface area contributed by atoms with E-state index in [-0.39, 0.29) is 0 Å². The Bertz CT molecular complexity index is 377. The molecule has 0 aliphatic heterocycles. The highest BCUT2D eigenvalue weighted by atomic mass is 79.9. The van der Waals surface area contributed by atoms with Crippen LogP contribution in [0.2, 0.25) is 0 Å². The van der Waals surface area contributed by atoms with Crippen molar-refractivity contribution in [1.29, 1.82) is 0 Å². The molecule has 1 atom stereocenters. The number of nitrogens with one attached hydrogen (secondary N) is 1. The Hall–Kier alpha value is -0.540. The van der Waals surface area contributed by atoms with Crippen LogP contribution in [0.25, 0.3) is 0 Å². The maximum Gasteiger partial charge on any atom is 0.0428 e. The number of halogens is 1. The van der Waals surface area contributed by atoms with Crippen LogP contribution >= 0.6 is 15.9 Å². The van der Waals surface area contributed by atoms with Crippen LogP contribution in [0.3, 0.4) is 0 Å². The molecule has 0 fully saturated rings. The fourth-order valence-corrected chi connectivity index (χ4v) is 2.71. The van der Waals surface area contributed by atoms with Crippen molar-refractivity contribution in [2.75, 3.05) is 18.0 Å². The zero-order valence-electron chi connectivity index (χ0n) is 12.1. The Morgan fingerprint density at radius 1 is 1.22 bits per heavy atom. The van der Waals surface area contributed by atoms with Crippen molar-refractivity contribution in [3.05, 3.63) is 28.2 Å². The summed E-state index contributed by atoms with van der Waals surface area (Å²) >= 11 is 3.58. The summed E-state index contributed by atoms with van der Waals surface area (Å²) in [7, 11) is 0. The van der Waals surface area contributed by atoms with Gasteiger partial charge in [0.2, 0.25) is 0 Å². The lowest BCUT2D eigenvalue weighted by Gasteiger charge is -2.31. The van der Waals surface area contributed by atoms with Gasteiger partial charge in [0.15, 0.2) is 0 Å². The zero-order valence-corrected chi connectivity index (χ0v) is 13.7. The van der Waals surface area contributed by atoms with Crippen molar-refractivity contribution in [3.8, 4) is 0 Å². The third-order valence-corrected chi connectivity index (χ3v) is 3.74. The van der Waals surface area contributed by atoms with Gasteiger partial charge in [0.25, 0.3) is 0 Å². The quantitative estimate of drug-likeness (QED) is 0.840. The Morgan fingerprint density at radius 2 is 1.89 bits per heavy atom. The molecule has 0 saturated heterocycles. The molecule has 1 unspecified atom stereocenters. The molecule has 0 aromatic heterocycles. The molecule has 0 spiro atoms. The summed E-state index contributed by atoms with van der Waals surface area (Å²) in [6.45, 7) is 13.1. The van der Waals surface area contributed by atoms with Crippen molar-refractivity contribution in [2.24, 2.45) is 0 Å². The molecule has 0 amide bonds. The lowest BCUT2D eigenvalue weighted by molar-refractivity contribution is 0.592. The first-order chi connectivity index (χ1) is 8.51. The maximum atomic E-state index is 3.58. The van der Waals surface area contributed by atoms with Crippen LogP contribution in [0.4, 0.5) is 5.69 Å². The summed E-state index contributed by atoms with van der Waals surface area (Å²) in [5.41, 5.74) is 2.70. The molecule has 0 aliphatic rings. The first kappa shape index (κ1) is 15.5. The van der Waals surface area contributed by atoms with Crippen LogP contribution in [-0.4, -0.2) is 19.1 Å². The summed E-state index contributed by atoms with van der Waals surface area (Å²) < 4.78 is 1.14. The molecule has 0 aliphatic carbocycles. The van der Waals surface area contributed by atoms with Crippen LogP contribution in [-0.2, 0) is 0 Å². The van der Waals surface area contributed by atoms with Gasteiger partial charge < -0.3 is 10.2 Å². The Labute approximate surface area is 120 Å². The first-order valence-corrected chi connectivity index (χ1v) is 7.60. The third kappa shape index (κ3) is 3.72. The second-order valence-electron chi connectivity index (χ2n) is 4.86. The summed E-state index contributed by atoms with van der Waals surface area (Å²) in [4.78, 5) is 2.44. The van der Waals surface area contributed by atoms with E-state index in [1.165, 1.54) is 11.3 Å². The SMILES string of the molecule is CCNC(C)c1ccc(Br)cc1N(CC)C(C)C. The summed E-state index contributed by atoms with van der Waals surface area (Å²) in [5.74, 6) is 0. The van der Waals surface area contributed by atoms with Gasteiger partial charge in [0, 0.05) is 28.8 Å². The van der Waals surface area contributed by atoms with E-state index in [9.17, 15) is 0 Å². The Morgan fingerprint density at radius 3 is 2.39 bits per heavy atom. The van der Waals surface area contributed by atoms with E-state index in [1.807, 2.05) is 0 Å². The molecule has 0 heterocycles. The molecular weight excluding hydrogens is 288 g/mol. The van der Waals surface area contributed by atoms with Crippen molar-refractivity contribution in [3.63, 3.8) is 0 Å². The highest BCUT2D eigenvalue weighted by molar-refractivity contribution is 9.10. The van der Waals surface area contributed by atoms with E-state index in [4.69, 9.17) is 0 Å². The molecule has 0 bridgehead atoms. The molecule has 0 saturated carbocycles. The Kier molecular flexibility index (Phi) is 6.16. The van der Waals surface area contributed by atoms with E-state index in [0.717, 1.165) is 17.6 Å². The number of nitrogens with zero attached hydrogens (tertiary/aromatic N) is 1. The fraction of sp³-hybridized carbons (Fsp3) is 0.600. The molecule has 1 aromatic rings. The third-order valence-electron chi connectivity index (χ3n) is 3.24. The van der Waals surface area contributed by atoms with E-state index in [2.05, 4.69) is 79.0 Å². The molecular formula is C15H25BrN2. The van der Waals surface area contributed by atoms with Crippen molar-refractivity contribution < 1.29 is 0 Å². The normalized spacial score (nSPS) is 12.8. The van der Waals surface area contributed by atoms with Crippen LogP contribution in [0, 0.1) is 0 Å². The predicted molar refractivity (Wildman–Crippen MR) is 84.4 cm³/mol. The molecule has 1 rings (SSSR count). The second kappa shape index (κ2) is 7.15. The minimum Gasteiger partial charge on any atom is -0.369 e. The fourth-order valence-electron chi connectivity index (χ4n) is 2.36. The van der Waals surface area contributed by atoms with Gasteiger partial charge in [-0.1, -0.05) is 28.9 Å². The second-order valence-corrected chi connectivity index (χ2v) is 5.78. The summed E-state index contributed by atoms with van der Waals surface area (Å²) in [6, 6.07) is 7.47. The van der Waals surface area contributed by atoms with Crippen LogP contribution in [0.15, 0.2) is 22.7 Å². The number of rotatable bonds is 6. The standard InChI is InChI=1S/C15H25BrN2/c1-6-17-12(5)14-9-8-13(16)10-15(14)18(7-2)11(3)4/h8-12,17H,6-7H2,1-5H3. The van der Waals surface area contributed by atoms with Gasteiger partial charge in [-0.25, -0.2) is 0 Å². The average molecular weight is 313 g/mol. The smallest absolute Gasteiger partial charge is 0.0428 e. The molecule has 1 aromatic carbocycles. The zero-order chi connectivity index (χ0) is 13.7. The number of hydrogen-bond acceptors (Lipinski definition) is 2. The van der Waals surface area contributed by atoms with Crippen LogP contribution < -0.4 is 10.2 Å². The molecule has 102 valence electrons. The van der Waals surface area contributed by atoms with Crippen molar-refractivity contribution >= 4 is 21.6 Å². The molecule has 2 nitrogen and oxygen atoms in total. The minimum absolute atomic E-state index is 0.380. The lowest BCUT2D eigenvalue weighted by Crippen LogP contribution is -2.32. The highest BCUT2D eigenvalue weighted by Crippen LogP contribution is 2.30.